The molecule has 2 nitrogen and oxygen atoms in total. The van der Waals surface area contributed by atoms with Gasteiger partial charge >= 0.3 is 0 Å². The van der Waals surface area contributed by atoms with Crippen molar-refractivity contribution in [3.05, 3.63) is 34.6 Å². The molecule has 1 N–H and O–H groups in total. The minimum Gasteiger partial charge on any atom is -0.377 e. The largest absolute Gasteiger partial charge is 0.377 e. The minimum absolute atomic E-state index is 0.120. The zero-order chi connectivity index (χ0) is 13.9. The SMILES string of the molecule is CNC(Cc1ccc(Cl)c(F)c1)C1(OC)CCCC1. The van der Waals surface area contributed by atoms with Crippen LogP contribution in [-0.4, -0.2) is 25.8 Å². The second kappa shape index (κ2) is 6.21. The lowest BCUT2D eigenvalue weighted by molar-refractivity contribution is -0.0336. The van der Waals surface area contributed by atoms with Crippen molar-refractivity contribution >= 4 is 11.6 Å². The van der Waals surface area contributed by atoms with Crippen molar-refractivity contribution in [3.8, 4) is 0 Å². The molecule has 19 heavy (non-hydrogen) atoms. The molecule has 0 amide bonds. The van der Waals surface area contributed by atoms with Gasteiger partial charge in [0.25, 0.3) is 0 Å². The first kappa shape index (κ1) is 14.8. The van der Waals surface area contributed by atoms with Gasteiger partial charge < -0.3 is 10.1 Å². The molecule has 0 saturated heterocycles. The van der Waals surface area contributed by atoms with E-state index in [0.29, 0.717) is 0 Å². The Balaban J connectivity index is 2.16. The number of benzene rings is 1. The lowest BCUT2D eigenvalue weighted by atomic mass is 9.87. The average Bonchev–Trinajstić information content (AvgIpc) is 2.90. The first-order valence-electron chi connectivity index (χ1n) is 6.77. The van der Waals surface area contributed by atoms with Crippen LogP contribution < -0.4 is 5.32 Å². The number of methoxy groups -OCH3 is 1. The zero-order valence-corrected chi connectivity index (χ0v) is 12.3. The maximum absolute atomic E-state index is 13.5. The van der Waals surface area contributed by atoms with Crippen molar-refractivity contribution in [2.75, 3.05) is 14.2 Å². The van der Waals surface area contributed by atoms with E-state index in [4.69, 9.17) is 16.3 Å². The molecule has 0 aliphatic heterocycles. The number of hydrogen-bond donors (Lipinski definition) is 1. The molecule has 0 heterocycles. The van der Waals surface area contributed by atoms with E-state index < -0.39 is 0 Å². The fourth-order valence-electron chi connectivity index (χ4n) is 3.12. The van der Waals surface area contributed by atoms with Gasteiger partial charge in [0.1, 0.15) is 5.82 Å². The third kappa shape index (κ3) is 3.10. The molecule has 0 aromatic heterocycles. The van der Waals surface area contributed by atoms with Crippen molar-refractivity contribution in [2.45, 2.75) is 43.7 Å². The summed E-state index contributed by atoms with van der Waals surface area (Å²) in [5, 5.41) is 3.51. The van der Waals surface area contributed by atoms with Gasteiger partial charge in [0.05, 0.1) is 10.6 Å². The van der Waals surface area contributed by atoms with Crippen molar-refractivity contribution in [1.29, 1.82) is 0 Å². The van der Waals surface area contributed by atoms with Crippen LogP contribution in [0, 0.1) is 5.82 Å². The fraction of sp³-hybridized carbons (Fsp3) is 0.600. The van der Waals surface area contributed by atoms with Gasteiger partial charge in [-0.1, -0.05) is 30.5 Å². The molecule has 1 unspecified atom stereocenters. The molecule has 2 rings (SSSR count). The Hall–Kier alpha value is -0.640. The Morgan fingerprint density at radius 2 is 2.11 bits per heavy atom. The monoisotopic (exact) mass is 285 g/mol. The van der Waals surface area contributed by atoms with Gasteiger partial charge in [-0.15, -0.1) is 0 Å². The van der Waals surface area contributed by atoms with Crippen LogP contribution in [0.2, 0.25) is 5.02 Å². The van der Waals surface area contributed by atoms with Gasteiger partial charge in [0, 0.05) is 13.2 Å². The molecule has 1 fully saturated rings. The lowest BCUT2D eigenvalue weighted by Crippen LogP contribution is -2.50. The summed E-state index contributed by atoms with van der Waals surface area (Å²) in [7, 11) is 3.72. The van der Waals surface area contributed by atoms with Gasteiger partial charge in [-0.25, -0.2) is 4.39 Å². The van der Waals surface area contributed by atoms with E-state index in [1.54, 1.807) is 13.2 Å². The summed E-state index contributed by atoms with van der Waals surface area (Å²) in [4.78, 5) is 0. The fourth-order valence-corrected chi connectivity index (χ4v) is 3.24. The molecule has 4 heteroatoms. The molecular weight excluding hydrogens is 265 g/mol. The Bertz CT molecular complexity index is 432. The van der Waals surface area contributed by atoms with Crippen LogP contribution in [0.1, 0.15) is 31.2 Å². The lowest BCUT2D eigenvalue weighted by Gasteiger charge is -2.36. The van der Waals surface area contributed by atoms with E-state index in [1.807, 2.05) is 13.1 Å². The predicted octanol–water partition coefficient (Wildman–Crippen LogP) is 3.57. The van der Waals surface area contributed by atoms with Gasteiger partial charge in [-0.3, -0.25) is 0 Å². The maximum atomic E-state index is 13.5. The smallest absolute Gasteiger partial charge is 0.142 e. The standard InChI is InChI=1S/C15H21ClFNO/c1-18-14(15(19-2)7-3-4-8-15)10-11-5-6-12(16)13(17)9-11/h5-6,9,14,18H,3-4,7-8,10H2,1-2H3. The summed E-state index contributed by atoms with van der Waals surface area (Å²) in [5.74, 6) is -0.355. The molecule has 1 aliphatic rings. The Labute approximate surface area is 119 Å². The van der Waals surface area contributed by atoms with E-state index in [-0.39, 0.29) is 22.5 Å². The quantitative estimate of drug-likeness (QED) is 0.893. The summed E-state index contributed by atoms with van der Waals surface area (Å²) in [6, 6.07) is 5.21. The molecular formula is C15H21ClFNO. The number of rotatable bonds is 5. The van der Waals surface area contributed by atoms with Gasteiger partial charge in [-0.05, 0) is 44.0 Å². The van der Waals surface area contributed by atoms with E-state index in [1.165, 1.54) is 18.9 Å². The third-order valence-electron chi connectivity index (χ3n) is 4.26. The van der Waals surface area contributed by atoms with Crippen molar-refractivity contribution in [1.82, 2.24) is 5.32 Å². The van der Waals surface area contributed by atoms with Gasteiger partial charge in [0.2, 0.25) is 0 Å². The van der Waals surface area contributed by atoms with E-state index >= 15 is 0 Å². The van der Waals surface area contributed by atoms with Crippen LogP contribution in [0.4, 0.5) is 4.39 Å². The second-order valence-electron chi connectivity index (χ2n) is 5.27. The highest BCUT2D eigenvalue weighted by atomic mass is 35.5. The van der Waals surface area contributed by atoms with Crippen molar-refractivity contribution < 1.29 is 9.13 Å². The Morgan fingerprint density at radius 3 is 2.63 bits per heavy atom. The van der Waals surface area contributed by atoms with Gasteiger partial charge in [-0.2, -0.15) is 0 Å². The van der Waals surface area contributed by atoms with E-state index in [9.17, 15) is 4.39 Å². The van der Waals surface area contributed by atoms with Crippen LogP contribution in [0.3, 0.4) is 0 Å². The maximum Gasteiger partial charge on any atom is 0.142 e. The molecule has 1 saturated carbocycles. The van der Waals surface area contributed by atoms with Crippen molar-refractivity contribution in [3.63, 3.8) is 0 Å². The number of ether oxygens (including phenoxy) is 1. The van der Waals surface area contributed by atoms with Crippen LogP contribution in [0.25, 0.3) is 0 Å². The number of likely N-dealkylation sites (N-methyl/N-ethyl adjacent to an activating group) is 1. The molecule has 0 radical (unpaired) electrons. The Kier molecular flexibility index (Phi) is 4.82. The van der Waals surface area contributed by atoms with Crippen LogP contribution in [0.15, 0.2) is 18.2 Å². The highest BCUT2D eigenvalue weighted by Gasteiger charge is 2.40. The summed E-state index contributed by atoms with van der Waals surface area (Å²) in [6.07, 6.45) is 5.26. The molecule has 0 spiro atoms. The van der Waals surface area contributed by atoms with Gasteiger partial charge in [0.15, 0.2) is 0 Å². The summed E-state index contributed by atoms with van der Waals surface area (Å²) < 4.78 is 19.3. The Morgan fingerprint density at radius 1 is 1.42 bits per heavy atom. The predicted molar refractivity (Wildman–Crippen MR) is 76.2 cm³/mol. The highest BCUT2D eigenvalue weighted by molar-refractivity contribution is 6.30. The first-order valence-corrected chi connectivity index (χ1v) is 7.15. The second-order valence-corrected chi connectivity index (χ2v) is 5.68. The topological polar surface area (TPSA) is 21.3 Å². The van der Waals surface area contributed by atoms with Crippen LogP contribution >= 0.6 is 11.6 Å². The number of hydrogen-bond acceptors (Lipinski definition) is 2. The molecule has 0 bridgehead atoms. The van der Waals surface area contributed by atoms with E-state index in [2.05, 4.69) is 5.32 Å². The molecule has 1 aromatic carbocycles. The summed E-state index contributed by atoms with van der Waals surface area (Å²) in [6.45, 7) is 0. The average molecular weight is 286 g/mol. The molecule has 106 valence electrons. The molecule has 1 aromatic rings. The molecule has 1 aliphatic carbocycles. The van der Waals surface area contributed by atoms with Crippen LogP contribution in [-0.2, 0) is 11.2 Å². The molecule has 1 atom stereocenters. The summed E-state index contributed by atoms with van der Waals surface area (Å²) >= 11 is 5.72. The highest BCUT2D eigenvalue weighted by Crippen LogP contribution is 2.36. The van der Waals surface area contributed by atoms with E-state index in [0.717, 1.165) is 24.8 Å². The van der Waals surface area contributed by atoms with Crippen LogP contribution in [0.5, 0.6) is 0 Å². The summed E-state index contributed by atoms with van der Waals surface area (Å²) in [5.41, 5.74) is 0.829. The third-order valence-corrected chi connectivity index (χ3v) is 4.57. The number of nitrogens with one attached hydrogen (secondary N) is 1. The normalized spacial score (nSPS) is 19.6. The zero-order valence-electron chi connectivity index (χ0n) is 11.5. The minimum atomic E-state index is -0.355. The number of halogens is 2. The first-order chi connectivity index (χ1) is 9.11. The van der Waals surface area contributed by atoms with Crippen molar-refractivity contribution in [2.24, 2.45) is 0 Å².